The minimum absolute atomic E-state index is 0.0528. The molecule has 1 aliphatic carbocycles. The van der Waals surface area contributed by atoms with Gasteiger partial charge in [0.15, 0.2) is 0 Å². The molecule has 0 aromatic heterocycles. The summed E-state index contributed by atoms with van der Waals surface area (Å²) in [7, 11) is -3.13. The molecular formula is C33H37ClF3N3O5S. The molecule has 1 aliphatic rings. The second kappa shape index (κ2) is 15.2. The van der Waals surface area contributed by atoms with Gasteiger partial charge in [0.05, 0.1) is 28.3 Å². The molecular weight excluding hydrogens is 643 g/mol. The molecule has 3 aromatic carbocycles. The molecule has 0 heterocycles. The Morgan fingerprint density at radius 3 is 2.33 bits per heavy atom. The summed E-state index contributed by atoms with van der Waals surface area (Å²) in [4.78, 5) is 29.0. The first-order valence-electron chi connectivity index (χ1n) is 15.0. The first-order valence-corrected chi connectivity index (χ1v) is 16.8. The van der Waals surface area contributed by atoms with E-state index in [9.17, 15) is 31.2 Å². The summed E-state index contributed by atoms with van der Waals surface area (Å²) in [5.41, 5.74) is -1.06. The maximum atomic E-state index is 14.3. The lowest BCUT2D eigenvalue weighted by Crippen LogP contribution is -2.54. The van der Waals surface area contributed by atoms with Gasteiger partial charge < -0.3 is 15.0 Å². The van der Waals surface area contributed by atoms with E-state index in [-0.39, 0.29) is 34.8 Å². The maximum Gasteiger partial charge on any atom is 0.416 e. The number of methoxy groups -OCH3 is 1. The van der Waals surface area contributed by atoms with E-state index in [1.165, 1.54) is 36.3 Å². The quantitative estimate of drug-likeness (QED) is 0.227. The minimum Gasteiger partial charge on any atom is -0.497 e. The Morgan fingerprint density at radius 2 is 1.70 bits per heavy atom. The van der Waals surface area contributed by atoms with Crippen LogP contribution in [-0.4, -0.2) is 50.9 Å². The number of anilines is 1. The number of benzene rings is 3. The van der Waals surface area contributed by atoms with Gasteiger partial charge in [-0.05, 0) is 67.3 Å². The molecule has 0 bridgehead atoms. The zero-order valence-corrected chi connectivity index (χ0v) is 27.2. The third-order valence-electron chi connectivity index (χ3n) is 7.98. The normalized spacial score (nSPS) is 14.7. The van der Waals surface area contributed by atoms with Crippen LogP contribution in [0, 0.1) is 0 Å². The molecule has 0 radical (unpaired) electrons. The number of rotatable bonds is 12. The Morgan fingerprint density at radius 1 is 1.00 bits per heavy atom. The van der Waals surface area contributed by atoms with E-state index in [1.54, 1.807) is 37.3 Å². The molecule has 8 nitrogen and oxygen atoms in total. The van der Waals surface area contributed by atoms with Crippen LogP contribution in [0.25, 0.3) is 0 Å². The number of amides is 2. The van der Waals surface area contributed by atoms with Crippen molar-refractivity contribution >= 4 is 39.1 Å². The smallest absolute Gasteiger partial charge is 0.416 e. The standard InChI is InChI=1S/C33H37ClF3N3O5S/c1-3-29(32(42)38-25-12-6-4-7-13-25)39(21-23-11-10-14-26(19-23)45-2)31(41)22-40(46(43,44)27-15-8-5-9-16-27)30-20-24(33(35,36)37)17-18-28(30)34/h5,8-11,14-20,25,29H,3-4,6-7,12-13,21-22H2,1-2H3,(H,38,42)/t29-/m1/s1. The molecule has 4 rings (SSSR count). The Balaban J connectivity index is 1.78. The van der Waals surface area contributed by atoms with Crippen LogP contribution in [0.3, 0.4) is 0 Å². The van der Waals surface area contributed by atoms with E-state index in [4.69, 9.17) is 16.3 Å². The predicted octanol–water partition coefficient (Wildman–Crippen LogP) is 6.82. The van der Waals surface area contributed by atoms with Gasteiger partial charge in [-0.1, -0.05) is 68.1 Å². The summed E-state index contributed by atoms with van der Waals surface area (Å²) in [6, 6.07) is 15.1. The lowest BCUT2D eigenvalue weighted by molar-refractivity contribution is -0.140. The highest BCUT2D eigenvalue weighted by atomic mass is 35.5. The van der Waals surface area contributed by atoms with Crippen molar-refractivity contribution in [2.45, 2.75) is 75.1 Å². The average molecular weight is 680 g/mol. The number of alkyl halides is 3. The fourth-order valence-corrected chi connectivity index (χ4v) is 7.26. The van der Waals surface area contributed by atoms with Gasteiger partial charge in [-0.25, -0.2) is 8.42 Å². The SMILES string of the molecule is CC[C@H](C(=O)NC1CCCCC1)N(Cc1cccc(OC)c1)C(=O)CN(c1cc(C(F)(F)F)ccc1Cl)S(=O)(=O)c1ccccc1. The number of carbonyl (C=O) groups excluding carboxylic acids is 2. The van der Waals surface area contributed by atoms with Gasteiger partial charge in [0.1, 0.15) is 18.3 Å². The number of carbonyl (C=O) groups is 2. The van der Waals surface area contributed by atoms with E-state index in [0.717, 1.165) is 44.2 Å². The van der Waals surface area contributed by atoms with Crippen LogP contribution in [0.1, 0.15) is 56.6 Å². The first-order chi connectivity index (χ1) is 21.8. The first kappa shape index (κ1) is 35.1. The number of halogens is 4. The zero-order chi connectivity index (χ0) is 33.5. The van der Waals surface area contributed by atoms with E-state index < -0.39 is 45.9 Å². The monoisotopic (exact) mass is 679 g/mol. The highest BCUT2D eigenvalue weighted by molar-refractivity contribution is 7.92. The van der Waals surface area contributed by atoms with Crippen LogP contribution in [-0.2, 0) is 32.3 Å². The average Bonchev–Trinajstić information content (AvgIpc) is 3.04. The molecule has 3 aromatic rings. The van der Waals surface area contributed by atoms with Crippen molar-refractivity contribution in [3.8, 4) is 5.75 Å². The summed E-state index contributed by atoms with van der Waals surface area (Å²) in [5.74, 6) is -0.685. The molecule has 1 fully saturated rings. The van der Waals surface area contributed by atoms with Crippen molar-refractivity contribution in [3.63, 3.8) is 0 Å². The van der Waals surface area contributed by atoms with Crippen molar-refractivity contribution in [3.05, 3.63) is 88.9 Å². The van der Waals surface area contributed by atoms with Gasteiger partial charge in [0.2, 0.25) is 11.8 Å². The van der Waals surface area contributed by atoms with Gasteiger partial charge in [-0.15, -0.1) is 0 Å². The zero-order valence-electron chi connectivity index (χ0n) is 25.6. The van der Waals surface area contributed by atoms with Crippen LogP contribution in [0.5, 0.6) is 5.75 Å². The lowest BCUT2D eigenvalue weighted by atomic mass is 9.95. The van der Waals surface area contributed by atoms with Crippen molar-refractivity contribution in [2.24, 2.45) is 0 Å². The second-order valence-corrected chi connectivity index (χ2v) is 13.4. The van der Waals surface area contributed by atoms with Gasteiger partial charge in [0, 0.05) is 12.6 Å². The van der Waals surface area contributed by atoms with Crippen molar-refractivity contribution in [1.29, 1.82) is 0 Å². The molecule has 0 unspecified atom stereocenters. The van der Waals surface area contributed by atoms with Crippen LogP contribution in [0.4, 0.5) is 18.9 Å². The summed E-state index contributed by atoms with van der Waals surface area (Å²) < 4.78 is 75.2. The number of nitrogens with zero attached hydrogens (tertiary/aromatic N) is 2. The Hall–Kier alpha value is -3.77. The van der Waals surface area contributed by atoms with Gasteiger partial charge in [0.25, 0.3) is 10.0 Å². The van der Waals surface area contributed by atoms with Crippen molar-refractivity contribution in [2.75, 3.05) is 18.0 Å². The topological polar surface area (TPSA) is 96.0 Å². The summed E-state index contributed by atoms with van der Waals surface area (Å²) >= 11 is 6.33. The Kier molecular flexibility index (Phi) is 11.6. The van der Waals surface area contributed by atoms with Gasteiger partial charge in [-0.3, -0.25) is 13.9 Å². The third-order valence-corrected chi connectivity index (χ3v) is 10.1. The number of hydrogen-bond donors (Lipinski definition) is 1. The van der Waals surface area contributed by atoms with E-state index >= 15 is 0 Å². The highest BCUT2D eigenvalue weighted by Gasteiger charge is 2.37. The number of sulfonamides is 1. The molecule has 1 saturated carbocycles. The molecule has 0 saturated heterocycles. The molecule has 0 aliphatic heterocycles. The second-order valence-electron chi connectivity index (χ2n) is 11.1. The Bertz CT molecular complexity index is 1620. The highest BCUT2D eigenvalue weighted by Crippen LogP contribution is 2.37. The van der Waals surface area contributed by atoms with E-state index in [2.05, 4.69) is 5.32 Å². The van der Waals surface area contributed by atoms with Crippen LogP contribution in [0.15, 0.2) is 77.7 Å². The number of hydrogen-bond acceptors (Lipinski definition) is 5. The van der Waals surface area contributed by atoms with E-state index in [1.807, 2.05) is 0 Å². The molecule has 1 atom stereocenters. The molecule has 13 heteroatoms. The molecule has 248 valence electrons. The Labute approximate surface area is 272 Å². The van der Waals surface area contributed by atoms with Crippen LogP contribution < -0.4 is 14.4 Å². The molecule has 1 N–H and O–H groups in total. The fourth-order valence-electron chi connectivity index (χ4n) is 5.54. The third kappa shape index (κ3) is 8.52. The minimum atomic E-state index is -4.81. The van der Waals surface area contributed by atoms with Crippen LogP contribution in [0.2, 0.25) is 5.02 Å². The van der Waals surface area contributed by atoms with Gasteiger partial charge >= 0.3 is 6.18 Å². The largest absolute Gasteiger partial charge is 0.497 e. The molecule has 0 spiro atoms. The fraction of sp³-hybridized carbons (Fsp3) is 0.394. The summed E-state index contributed by atoms with van der Waals surface area (Å²) in [6.45, 7) is 0.719. The van der Waals surface area contributed by atoms with Crippen molar-refractivity contribution < 1.29 is 35.9 Å². The number of ether oxygens (including phenoxy) is 1. The lowest BCUT2D eigenvalue weighted by Gasteiger charge is -2.34. The summed E-state index contributed by atoms with van der Waals surface area (Å²) in [5, 5.41) is 2.75. The maximum absolute atomic E-state index is 14.3. The van der Waals surface area contributed by atoms with E-state index in [0.29, 0.717) is 21.7 Å². The molecule has 2 amide bonds. The predicted molar refractivity (Wildman–Crippen MR) is 170 cm³/mol. The van der Waals surface area contributed by atoms with Crippen molar-refractivity contribution in [1.82, 2.24) is 10.2 Å². The summed E-state index contributed by atoms with van der Waals surface area (Å²) in [6.07, 6.45) is 0.0229. The van der Waals surface area contributed by atoms with Gasteiger partial charge in [-0.2, -0.15) is 13.2 Å². The van der Waals surface area contributed by atoms with Crippen LogP contribution >= 0.6 is 11.6 Å². The number of nitrogens with one attached hydrogen (secondary N) is 1. The molecule has 46 heavy (non-hydrogen) atoms.